The molecule has 0 atom stereocenters. The zero-order chi connectivity index (χ0) is 20.5. The Morgan fingerprint density at radius 3 is 2.64 bits per heavy atom. The Balaban J connectivity index is 1.92. The molecule has 1 amide bonds. The molecule has 0 aromatic heterocycles. The maximum absolute atomic E-state index is 12.4. The lowest BCUT2D eigenvalue weighted by Crippen LogP contribution is -2.34. The van der Waals surface area contributed by atoms with Crippen molar-refractivity contribution in [1.82, 2.24) is 5.32 Å². The summed E-state index contributed by atoms with van der Waals surface area (Å²) >= 11 is 8.66. The summed E-state index contributed by atoms with van der Waals surface area (Å²) in [4.78, 5) is 12.4. The van der Waals surface area contributed by atoms with Crippen molar-refractivity contribution in [2.75, 3.05) is 18.5 Å². The van der Waals surface area contributed by atoms with E-state index in [1.165, 1.54) is 0 Å². The first-order valence-electron chi connectivity index (χ1n) is 9.16. The van der Waals surface area contributed by atoms with Gasteiger partial charge < -0.3 is 14.8 Å². The molecular weight excluding hydrogens is 440 g/mol. The van der Waals surface area contributed by atoms with E-state index < -0.39 is 0 Å². The molecule has 0 spiro atoms. The lowest BCUT2D eigenvalue weighted by molar-refractivity contribution is 0.0977. The highest BCUT2D eigenvalue weighted by Crippen LogP contribution is 2.26. The third kappa shape index (κ3) is 7.13. The first kappa shape index (κ1) is 22.2. The van der Waals surface area contributed by atoms with E-state index >= 15 is 0 Å². The fourth-order valence-corrected chi connectivity index (χ4v) is 3.03. The van der Waals surface area contributed by atoms with Crippen LogP contribution in [0.2, 0.25) is 0 Å². The van der Waals surface area contributed by atoms with Crippen LogP contribution in [0.4, 0.5) is 5.69 Å². The monoisotopic (exact) mass is 464 g/mol. The van der Waals surface area contributed by atoms with Crippen LogP contribution in [-0.2, 0) is 0 Å². The zero-order valence-electron chi connectivity index (χ0n) is 16.3. The van der Waals surface area contributed by atoms with Gasteiger partial charge in [-0.05, 0) is 77.7 Å². The summed E-state index contributed by atoms with van der Waals surface area (Å²) < 4.78 is 11.9. The number of ether oxygens (including phenoxy) is 2. The Kier molecular flexibility index (Phi) is 8.73. The van der Waals surface area contributed by atoms with Gasteiger partial charge in [-0.3, -0.25) is 10.1 Å². The molecule has 0 saturated heterocycles. The summed E-state index contributed by atoms with van der Waals surface area (Å²) in [5.41, 5.74) is 1.23. The second kappa shape index (κ2) is 11.0. The maximum Gasteiger partial charge on any atom is 0.257 e. The van der Waals surface area contributed by atoms with Gasteiger partial charge in [0.1, 0.15) is 11.5 Å². The van der Waals surface area contributed by atoms with Crippen LogP contribution in [0.25, 0.3) is 0 Å². The van der Waals surface area contributed by atoms with E-state index in [2.05, 4.69) is 40.4 Å². The molecule has 0 saturated carbocycles. The molecule has 28 heavy (non-hydrogen) atoms. The fraction of sp³-hybridized carbons (Fsp3) is 0.333. The first-order chi connectivity index (χ1) is 13.4. The lowest BCUT2D eigenvalue weighted by atomic mass is 10.1. The maximum atomic E-state index is 12.4. The molecule has 0 aliphatic rings. The average Bonchev–Trinajstić information content (AvgIpc) is 2.63. The molecule has 2 N–H and O–H groups in total. The van der Waals surface area contributed by atoms with Crippen molar-refractivity contribution in [1.29, 1.82) is 0 Å². The number of hydrogen-bond donors (Lipinski definition) is 2. The normalized spacial score (nSPS) is 10.5. The van der Waals surface area contributed by atoms with Gasteiger partial charge in [-0.1, -0.05) is 19.9 Å². The van der Waals surface area contributed by atoms with Crippen LogP contribution in [0.3, 0.4) is 0 Å². The molecule has 5 nitrogen and oxygen atoms in total. The highest BCUT2D eigenvalue weighted by atomic mass is 79.9. The van der Waals surface area contributed by atoms with E-state index in [-0.39, 0.29) is 11.0 Å². The second-order valence-corrected chi connectivity index (χ2v) is 7.81. The predicted octanol–water partition coefficient (Wildman–Crippen LogP) is 5.40. The fourth-order valence-electron chi connectivity index (χ4n) is 2.33. The molecule has 150 valence electrons. The van der Waals surface area contributed by atoms with E-state index in [0.717, 1.165) is 17.9 Å². The second-order valence-electron chi connectivity index (χ2n) is 6.55. The molecule has 0 radical (unpaired) electrons. The molecular formula is C21H25BrN2O3S. The summed E-state index contributed by atoms with van der Waals surface area (Å²) in [7, 11) is 0. The van der Waals surface area contributed by atoms with Crippen LogP contribution in [0.1, 0.15) is 37.6 Å². The van der Waals surface area contributed by atoms with Gasteiger partial charge >= 0.3 is 0 Å². The summed E-state index contributed by atoms with van der Waals surface area (Å²) in [5.74, 6) is 1.74. The minimum atomic E-state index is -0.300. The minimum Gasteiger partial charge on any atom is -0.494 e. The standard InChI is InChI=1S/C21H25BrN2O3S/c1-4-26-19-9-8-15(12-18(19)22)20(25)24-21(28)23-16-6-5-7-17(13-16)27-11-10-14(2)3/h5-9,12-14H,4,10-11H2,1-3H3,(H2,23,24,25,28). The topological polar surface area (TPSA) is 59.6 Å². The molecule has 0 fully saturated rings. The number of rotatable bonds is 8. The van der Waals surface area contributed by atoms with Gasteiger partial charge in [0, 0.05) is 17.3 Å². The Morgan fingerprint density at radius 1 is 1.18 bits per heavy atom. The number of benzene rings is 2. The third-order valence-corrected chi connectivity index (χ3v) is 4.60. The van der Waals surface area contributed by atoms with Gasteiger partial charge in [0.25, 0.3) is 5.91 Å². The number of thiocarbonyl (C=S) groups is 1. The van der Waals surface area contributed by atoms with Crippen LogP contribution < -0.4 is 20.1 Å². The van der Waals surface area contributed by atoms with Gasteiger partial charge in [0.2, 0.25) is 0 Å². The molecule has 0 heterocycles. The predicted molar refractivity (Wildman–Crippen MR) is 120 cm³/mol. The largest absolute Gasteiger partial charge is 0.494 e. The number of carbonyl (C=O) groups is 1. The van der Waals surface area contributed by atoms with Gasteiger partial charge in [0.15, 0.2) is 5.11 Å². The van der Waals surface area contributed by atoms with Crippen molar-refractivity contribution in [3.05, 3.63) is 52.5 Å². The minimum absolute atomic E-state index is 0.217. The van der Waals surface area contributed by atoms with Crippen LogP contribution >= 0.6 is 28.1 Å². The highest BCUT2D eigenvalue weighted by Gasteiger charge is 2.11. The zero-order valence-corrected chi connectivity index (χ0v) is 18.7. The number of carbonyl (C=O) groups excluding carboxylic acids is 1. The highest BCUT2D eigenvalue weighted by molar-refractivity contribution is 9.10. The van der Waals surface area contributed by atoms with E-state index in [1.807, 2.05) is 31.2 Å². The molecule has 2 aromatic carbocycles. The Bertz CT molecular complexity index is 827. The van der Waals surface area contributed by atoms with Crippen molar-refractivity contribution in [3.63, 3.8) is 0 Å². The molecule has 0 aliphatic carbocycles. The van der Waals surface area contributed by atoms with Crippen molar-refractivity contribution in [2.45, 2.75) is 27.2 Å². The van der Waals surface area contributed by atoms with Crippen LogP contribution in [0.5, 0.6) is 11.5 Å². The molecule has 2 rings (SSSR count). The van der Waals surface area contributed by atoms with Crippen LogP contribution in [-0.4, -0.2) is 24.2 Å². The molecule has 0 aliphatic heterocycles. The van der Waals surface area contributed by atoms with E-state index in [0.29, 0.717) is 34.9 Å². The summed E-state index contributed by atoms with van der Waals surface area (Å²) in [6.07, 6.45) is 0.990. The average molecular weight is 465 g/mol. The van der Waals surface area contributed by atoms with E-state index in [1.54, 1.807) is 18.2 Å². The summed E-state index contributed by atoms with van der Waals surface area (Å²) in [6.45, 7) is 7.44. The first-order valence-corrected chi connectivity index (χ1v) is 10.4. The van der Waals surface area contributed by atoms with Crippen molar-refractivity contribution >= 4 is 44.9 Å². The van der Waals surface area contributed by atoms with E-state index in [4.69, 9.17) is 21.7 Å². The number of halogens is 1. The quantitative estimate of drug-likeness (QED) is 0.512. The summed E-state index contributed by atoms with van der Waals surface area (Å²) in [5, 5.41) is 5.91. The number of hydrogen-bond acceptors (Lipinski definition) is 4. The van der Waals surface area contributed by atoms with Crippen molar-refractivity contribution < 1.29 is 14.3 Å². The van der Waals surface area contributed by atoms with Crippen molar-refractivity contribution in [2.24, 2.45) is 5.92 Å². The van der Waals surface area contributed by atoms with Crippen molar-refractivity contribution in [3.8, 4) is 11.5 Å². The Labute approximate surface area is 179 Å². The summed E-state index contributed by atoms with van der Waals surface area (Å²) in [6, 6.07) is 12.6. The third-order valence-electron chi connectivity index (χ3n) is 3.78. The molecule has 2 aromatic rings. The van der Waals surface area contributed by atoms with Crippen LogP contribution in [0.15, 0.2) is 46.9 Å². The molecule has 7 heteroatoms. The Morgan fingerprint density at radius 2 is 1.96 bits per heavy atom. The number of anilines is 1. The van der Waals surface area contributed by atoms with Gasteiger partial charge in [-0.2, -0.15) is 0 Å². The van der Waals surface area contributed by atoms with Gasteiger partial charge in [0.05, 0.1) is 17.7 Å². The molecule has 0 unspecified atom stereocenters. The lowest BCUT2D eigenvalue weighted by Gasteiger charge is -2.12. The van der Waals surface area contributed by atoms with Crippen LogP contribution in [0, 0.1) is 5.92 Å². The molecule has 0 bridgehead atoms. The smallest absolute Gasteiger partial charge is 0.257 e. The van der Waals surface area contributed by atoms with Gasteiger partial charge in [-0.15, -0.1) is 0 Å². The number of nitrogens with one attached hydrogen (secondary N) is 2. The van der Waals surface area contributed by atoms with E-state index in [9.17, 15) is 4.79 Å². The Hall–Kier alpha value is -2.12. The van der Waals surface area contributed by atoms with Gasteiger partial charge in [-0.25, -0.2) is 0 Å². The SMILES string of the molecule is CCOc1ccc(C(=O)NC(=S)Nc2cccc(OCCC(C)C)c2)cc1Br. The number of amides is 1.